The maximum absolute atomic E-state index is 11.7. The van der Waals surface area contributed by atoms with Gasteiger partial charge in [0, 0.05) is 12.5 Å². The molecule has 2 N–H and O–H groups in total. The van der Waals surface area contributed by atoms with Crippen molar-refractivity contribution in [1.29, 1.82) is 0 Å². The predicted molar refractivity (Wildman–Crippen MR) is 69.7 cm³/mol. The van der Waals surface area contributed by atoms with Crippen molar-refractivity contribution in [3.05, 3.63) is 35.9 Å². The molecule has 108 valence electrons. The summed E-state index contributed by atoms with van der Waals surface area (Å²) in [4.78, 5) is 23.4. The number of esters is 1. The molecule has 0 unspecified atom stereocenters. The fourth-order valence-electron chi connectivity index (χ4n) is 2.13. The largest absolute Gasteiger partial charge is 0.467 e. The molecule has 1 aromatic carbocycles. The van der Waals surface area contributed by atoms with Crippen molar-refractivity contribution < 1.29 is 24.2 Å². The molecule has 0 heterocycles. The van der Waals surface area contributed by atoms with Crippen LogP contribution in [-0.2, 0) is 20.9 Å². The molecule has 2 atom stereocenters. The molecule has 6 nitrogen and oxygen atoms in total. The summed E-state index contributed by atoms with van der Waals surface area (Å²) in [5.41, 5.74) is -0.290. The Bertz CT molecular complexity index is 490. The second kappa shape index (κ2) is 5.92. The lowest BCUT2D eigenvalue weighted by Crippen LogP contribution is -2.46. The second-order valence-corrected chi connectivity index (χ2v) is 4.73. The predicted octanol–water partition coefficient (Wildman–Crippen LogP) is 0.837. The van der Waals surface area contributed by atoms with Gasteiger partial charge < -0.3 is 19.9 Å². The Morgan fingerprint density at radius 1 is 1.40 bits per heavy atom. The van der Waals surface area contributed by atoms with Crippen LogP contribution in [-0.4, -0.2) is 36.4 Å². The number of alkyl carbamates (subject to hydrolysis) is 1. The number of hydrogen-bond donors (Lipinski definition) is 2. The van der Waals surface area contributed by atoms with Gasteiger partial charge in [0.05, 0.1) is 7.11 Å². The monoisotopic (exact) mass is 279 g/mol. The lowest BCUT2D eigenvalue weighted by atomic mass is 10.2. The van der Waals surface area contributed by atoms with Crippen molar-refractivity contribution in [2.45, 2.75) is 18.6 Å². The van der Waals surface area contributed by atoms with Crippen molar-refractivity contribution in [3.8, 4) is 0 Å². The molecule has 20 heavy (non-hydrogen) atoms. The third-order valence-electron chi connectivity index (χ3n) is 3.41. The van der Waals surface area contributed by atoms with Crippen LogP contribution in [0.2, 0.25) is 0 Å². The highest BCUT2D eigenvalue weighted by atomic mass is 16.6. The van der Waals surface area contributed by atoms with Gasteiger partial charge in [0.15, 0.2) is 0 Å². The molecule has 0 spiro atoms. The number of benzene rings is 1. The Morgan fingerprint density at radius 3 is 2.65 bits per heavy atom. The van der Waals surface area contributed by atoms with Crippen molar-refractivity contribution in [1.82, 2.24) is 5.32 Å². The van der Waals surface area contributed by atoms with E-state index in [1.807, 2.05) is 30.3 Å². The number of aliphatic hydroxyl groups excluding tert-OH is 1. The summed E-state index contributed by atoms with van der Waals surface area (Å²) in [5, 5.41) is 11.6. The van der Waals surface area contributed by atoms with E-state index in [1.54, 1.807) is 0 Å². The lowest BCUT2D eigenvalue weighted by Gasteiger charge is -2.16. The van der Waals surface area contributed by atoms with Crippen LogP contribution in [0.1, 0.15) is 12.0 Å². The molecular weight excluding hydrogens is 262 g/mol. The SMILES string of the molecule is COC(=O)[C@]1(NC(=O)OCc2ccccc2)C[C@H]1CO. The molecule has 0 bridgehead atoms. The van der Waals surface area contributed by atoms with E-state index in [2.05, 4.69) is 10.1 Å². The number of carbonyl (C=O) groups excluding carboxylic acids is 2. The number of methoxy groups -OCH3 is 1. The van der Waals surface area contributed by atoms with Gasteiger partial charge in [-0.05, 0) is 12.0 Å². The fraction of sp³-hybridized carbons (Fsp3) is 0.429. The first-order valence-corrected chi connectivity index (χ1v) is 6.30. The highest BCUT2D eigenvalue weighted by Crippen LogP contribution is 2.44. The molecule has 0 aromatic heterocycles. The number of hydrogen-bond acceptors (Lipinski definition) is 5. The molecule has 1 aliphatic rings. The Hall–Kier alpha value is -2.08. The third-order valence-corrected chi connectivity index (χ3v) is 3.41. The first-order chi connectivity index (χ1) is 9.62. The van der Waals surface area contributed by atoms with Crippen LogP contribution in [0.25, 0.3) is 0 Å². The molecule has 0 saturated heterocycles. The maximum Gasteiger partial charge on any atom is 0.408 e. The minimum absolute atomic E-state index is 0.119. The second-order valence-electron chi connectivity index (χ2n) is 4.73. The van der Waals surface area contributed by atoms with Gasteiger partial charge in [-0.3, -0.25) is 0 Å². The Labute approximate surface area is 116 Å². The smallest absolute Gasteiger partial charge is 0.408 e. The molecule has 0 radical (unpaired) electrons. The molecule has 1 aromatic rings. The first-order valence-electron chi connectivity index (χ1n) is 6.30. The van der Waals surface area contributed by atoms with E-state index in [0.29, 0.717) is 6.42 Å². The Kier molecular flexibility index (Phi) is 4.24. The van der Waals surface area contributed by atoms with Crippen molar-refractivity contribution in [2.24, 2.45) is 5.92 Å². The van der Waals surface area contributed by atoms with Crippen LogP contribution in [0, 0.1) is 5.92 Å². The van der Waals surface area contributed by atoms with Gasteiger partial charge in [0.1, 0.15) is 12.1 Å². The number of nitrogens with one attached hydrogen (secondary N) is 1. The van der Waals surface area contributed by atoms with Gasteiger partial charge in [0.25, 0.3) is 0 Å². The molecule has 2 rings (SSSR count). The zero-order chi connectivity index (χ0) is 14.6. The van der Waals surface area contributed by atoms with E-state index < -0.39 is 17.6 Å². The van der Waals surface area contributed by atoms with Crippen molar-refractivity contribution in [2.75, 3.05) is 13.7 Å². The number of amides is 1. The normalized spacial score (nSPS) is 23.8. The summed E-state index contributed by atoms with van der Waals surface area (Å²) in [6.45, 7) is -0.0677. The Morgan fingerprint density at radius 2 is 2.10 bits per heavy atom. The Balaban J connectivity index is 1.89. The van der Waals surface area contributed by atoms with Crippen LogP contribution in [0.5, 0.6) is 0 Å². The zero-order valence-corrected chi connectivity index (χ0v) is 11.2. The maximum atomic E-state index is 11.7. The average molecular weight is 279 g/mol. The van der Waals surface area contributed by atoms with Crippen molar-refractivity contribution >= 4 is 12.1 Å². The molecule has 1 aliphatic carbocycles. The van der Waals surface area contributed by atoms with Crippen LogP contribution < -0.4 is 5.32 Å². The number of aliphatic hydroxyl groups is 1. The summed E-state index contributed by atoms with van der Waals surface area (Å²) in [6.07, 6.45) is -0.341. The van der Waals surface area contributed by atoms with Gasteiger partial charge in [-0.1, -0.05) is 30.3 Å². The third kappa shape index (κ3) is 2.91. The number of carbonyl (C=O) groups is 2. The van der Waals surface area contributed by atoms with Gasteiger partial charge in [-0.15, -0.1) is 0 Å². The van der Waals surface area contributed by atoms with E-state index in [-0.39, 0.29) is 19.1 Å². The molecule has 1 amide bonds. The van der Waals surface area contributed by atoms with Gasteiger partial charge in [-0.25, -0.2) is 9.59 Å². The minimum atomic E-state index is -1.14. The topological polar surface area (TPSA) is 84.9 Å². The van der Waals surface area contributed by atoms with E-state index >= 15 is 0 Å². The quantitative estimate of drug-likeness (QED) is 0.780. The highest BCUT2D eigenvalue weighted by molar-refractivity contribution is 5.89. The lowest BCUT2D eigenvalue weighted by molar-refractivity contribution is -0.144. The molecule has 0 aliphatic heterocycles. The highest BCUT2D eigenvalue weighted by Gasteiger charge is 2.62. The number of ether oxygens (including phenoxy) is 2. The van der Waals surface area contributed by atoms with E-state index in [1.165, 1.54) is 7.11 Å². The summed E-state index contributed by atoms with van der Waals surface area (Å²) >= 11 is 0. The van der Waals surface area contributed by atoms with Gasteiger partial charge in [-0.2, -0.15) is 0 Å². The van der Waals surface area contributed by atoms with Crippen LogP contribution >= 0.6 is 0 Å². The van der Waals surface area contributed by atoms with Gasteiger partial charge in [0.2, 0.25) is 0 Å². The minimum Gasteiger partial charge on any atom is -0.467 e. The summed E-state index contributed by atoms with van der Waals surface area (Å²) in [5.74, 6) is -0.882. The molecule has 6 heteroatoms. The van der Waals surface area contributed by atoms with Gasteiger partial charge >= 0.3 is 12.1 Å². The first kappa shape index (κ1) is 14.3. The summed E-state index contributed by atoms with van der Waals surface area (Å²) < 4.78 is 9.70. The number of rotatable bonds is 5. The molecule has 1 saturated carbocycles. The van der Waals surface area contributed by atoms with Crippen LogP contribution in [0.15, 0.2) is 30.3 Å². The van der Waals surface area contributed by atoms with Crippen LogP contribution in [0.4, 0.5) is 4.79 Å². The fourth-order valence-corrected chi connectivity index (χ4v) is 2.13. The average Bonchev–Trinajstić information content (AvgIpc) is 3.19. The summed E-state index contributed by atoms with van der Waals surface area (Å²) in [7, 11) is 1.24. The van der Waals surface area contributed by atoms with E-state index in [0.717, 1.165) is 5.56 Å². The van der Waals surface area contributed by atoms with Crippen molar-refractivity contribution in [3.63, 3.8) is 0 Å². The van der Waals surface area contributed by atoms with E-state index in [9.17, 15) is 9.59 Å². The van der Waals surface area contributed by atoms with Crippen LogP contribution in [0.3, 0.4) is 0 Å². The molecule has 1 fully saturated rings. The summed E-state index contributed by atoms with van der Waals surface area (Å²) in [6, 6.07) is 9.21. The zero-order valence-electron chi connectivity index (χ0n) is 11.2. The molecular formula is C14H17NO5. The standard InChI is InChI=1S/C14H17NO5/c1-19-12(17)14(7-11(14)8-16)15-13(18)20-9-10-5-3-2-4-6-10/h2-6,11,16H,7-9H2,1H3,(H,15,18)/t11-,14-/m0/s1. The van der Waals surface area contributed by atoms with E-state index in [4.69, 9.17) is 9.84 Å².